The van der Waals surface area contributed by atoms with Gasteiger partial charge in [0.2, 0.25) is 0 Å². The summed E-state index contributed by atoms with van der Waals surface area (Å²) in [6.45, 7) is 3.52. The molecule has 0 aliphatic heterocycles. The van der Waals surface area contributed by atoms with Gasteiger partial charge >= 0.3 is 6.18 Å². The Labute approximate surface area is 89.6 Å². The number of hydrogen-bond donors (Lipinski definition) is 0. The molecule has 0 atom stereocenters. The summed E-state index contributed by atoms with van der Waals surface area (Å²) in [5.74, 6) is 0. The highest BCUT2D eigenvalue weighted by molar-refractivity contribution is 6.36. The fraction of sp³-hybridized carbons (Fsp3) is 0.222. The maximum Gasteiger partial charge on any atom is 0.416 e. The second-order valence-electron chi connectivity index (χ2n) is 2.67. The van der Waals surface area contributed by atoms with Crippen molar-refractivity contribution in [1.82, 2.24) is 0 Å². The van der Waals surface area contributed by atoms with Gasteiger partial charge in [-0.15, -0.1) is 0 Å². The zero-order valence-electron chi connectivity index (χ0n) is 6.96. The molecule has 0 amide bonds. The average molecular weight is 242 g/mol. The van der Waals surface area contributed by atoms with Crippen LogP contribution in [0.1, 0.15) is 11.1 Å². The van der Waals surface area contributed by atoms with Gasteiger partial charge in [-0.25, -0.2) is 0 Å². The first kappa shape index (κ1) is 11.7. The van der Waals surface area contributed by atoms with E-state index in [2.05, 4.69) is 6.92 Å². The molecule has 5 heteroatoms. The first-order valence-electron chi connectivity index (χ1n) is 3.70. The Balaban J connectivity index is 3.28. The van der Waals surface area contributed by atoms with Crippen molar-refractivity contribution in [3.8, 4) is 0 Å². The van der Waals surface area contributed by atoms with E-state index in [9.17, 15) is 13.2 Å². The van der Waals surface area contributed by atoms with Gasteiger partial charge in [0.25, 0.3) is 0 Å². The second-order valence-corrected chi connectivity index (χ2v) is 3.48. The molecular formula is C9H6Cl2F3. The lowest BCUT2D eigenvalue weighted by Crippen LogP contribution is -2.05. The molecule has 1 aromatic rings. The summed E-state index contributed by atoms with van der Waals surface area (Å²) in [5.41, 5.74) is -0.411. The van der Waals surface area contributed by atoms with Crippen molar-refractivity contribution in [3.63, 3.8) is 0 Å². The van der Waals surface area contributed by atoms with Crippen LogP contribution in [0.4, 0.5) is 13.2 Å². The van der Waals surface area contributed by atoms with Gasteiger partial charge in [0.15, 0.2) is 0 Å². The third-order valence-electron chi connectivity index (χ3n) is 1.72. The first-order chi connectivity index (χ1) is 6.36. The maximum absolute atomic E-state index is 12.3. The van der Waals surface area contributed by atoms with Crippen LogP contribution in [0.3, 0.4) is 0 Å². The van der Waals surface area contributed by atoms with Crippen molar-refractivity contribution in [2.24, 2.45) is 0 Å². The highest BCUT2D eigenvalue weighted by Crippen LogP contribution is 2.35. The summed E-state index contributed by atoms with van der Waals surface area (Å²) in [6, 6.07) is 1.71. The van der Waals surface area contributed by atoms with Gasteiger partial charge in [0, 0.05) is 10.0 Å². The molecule has 0 fully saturated rings. The lowest BCUT2D eigenvalue weighted by molar-refractivity contribution is -0.137. The molecule has 1 rings (SSSR count). The van der Waals surface area contributed by atoms with Crippen LogP contribution in [0.2, 0.25) is 10.0 Å². The molecule has 0 bridgehead atoms. The lowest BCUT2D eigenvalue weighted by Gasteiger charge is -2.10. The van der Waals surface area contributed by atoms with Crippen LogP contribution in [0.25, 0.3) is 0 Å². The summed E-state index contributed by atoms with van der Waals surface area (Å²) in [5, 5.41) is -0.000324. The number of benzene rings is 1. The lowest BCUT2D eigenvalue weighted by atomic mass is 10.1. The smallest absolute Gasteiger partial charge is 0.166 e. The van der Waals surface area contributed by atoms with E-state index in [1.165, 1.54) is 0 Å². The summed E-state index contributed by atoms with van der Waals surface area (Å²) in [4.78, 5) is 0. The summed E-state index contributed by atoms with van der Waals surface area (Å²) in [6.07, 6.45) is -4.16. The van der Waals surface area contributed by atoms with Crippen molar-refractivity contribution in [3.05, 3.63) is 40.2 Å². The summed E-state index contributed by atoms with van der Waals surface area (Å²) in [7, 11) is 0. The van der Waals surface area contributed by atoms with E-state index in [0.29, 0.717) is 5.56 Å². The molecule has 77 valence electrons. The van der Waals surface area contributed by atoms with Gasteiger partial charge in [0.05, 0.1) is 5.56 Å². The third kappa shape index (κ3) is 2.34. The highest BCUT2D eigenvalue weighted by Gasteiger charge is 2.31. The Morgan fingerprint density at radius 3 is 1.86 bits per heavy atom. The van der Waals surface area contributed by atoms with E-state index in [-0.39, 0.29) is 16.5 Å². The standard InChI is InChI=1S/C9H6Cl2F3/c1-2-6-7(10)3-5(4-8(6)11)9(12,13)14/h3-4H,1-2H2. The Bertz CT molecular complexity index is 321. The van der Waals surface area contributed by atoms with Crippen molar-refractivity contribution in [2.45, 2.75) is 12.6 Å². The van der Waals surface area contributed by atoms with Crippen LogP contribution in [0, 0.1) is 6.92 Å². The summed E-state index contributed by atoms with van der Waals surface area (Å²) < 4.78 is 36.8. The molecule has 1 aromatic carbocycles. The molecule has 0 aliphatic carbocycles. The van der Waals surface area contributed by atoms with Crippen LogP contribution in [-0.2, 0) is 12.6 Å². The predicted octanol–water partition coefficient (Wildman–Crippen LogP) is 4.39. The molecule has 0 saturated carbocycles. The normalized spacial score (nSPS) is 11.9. The SMILES string of the molecule is [CH2]Cc1c(Cl)cc(C(F)(F)F)cc1Cl. The monoisotopic (exact) mass is 241 g/mol. The van der Waals surface area contributed by atoms with Gasteiger partial charge in [-0.1, -0.05) is 23.2 Å². The molecule has 0 unspecified atom stereocenters. The average Bonchev–Trinajstić information content (AvgIpc) is 2.01. The molecule has 1 radical (unpaired) electrons. The molecular weight excluding hydrogens is 236 g/mol. The van der Waals surface area contributed by atoms with E-state index in [1.54, 1.807) is 0 Å². The first-order valence-corrected chi connectivity index (χ1v) is 4.46. The third-order valence-corrected chi connectivity index (χ3v) is 2.39. The van der Waals surface area contributed by atoms with Gasteiger partial charge in [-0.05, 0) is 31.0 Å². The molecule has 0 aliphatic rings. The van der Waals surface area contributed by atoms with Crippen molar-refractivity contribution >= 4 is 23.2 Å². The predicted molar refractivity (Wildman–Crippen MR) is 50.5 cm³/mol. The van der Waals surface area contributed by atoms with Gasteiger partial charge in [-0.3, -0.25) is 0 Å². The number of halogens is 5. The van der Waals surface area contributed by atoms with Crippen LogP contribution >= 0.6 is 23.2 Å². The van der Waals surface area contributed by atoms with E-state index in [4.69, 9.17) is 23.2 Å². The molecule has 0 spiro atoms. The summed E-state index contributed by atoms with van der Waals surface area (Å²) >= 11 is 11.2. The quantitative estimate of drug-likeness (QED) is 0.685. The molecule has 0 saturated heterocycles. The Morgan fingerprint density at radius 2 is 1.57 bits per heavy atom. The topological polar surface area (TPSA) is 0 Å². The fourth-order valence-corrected chi connectivity index (χ4v) is 1.68. The van der Waals surface area contributed by atoms with Crippen molar-refractivity contribution in [1.29, 1.82) is 0 Å². The minimum absolute atomic E-state index is 0.000162. The largest absolute Gasteiger partial charge is 0.416 e. The Kier molecular flexibility index (Phi) is 3.32. The molecule has 0 N–H and O–H groups in total. The molecule has 14 heavy (non-hydrogen) atoms. The zero-order chi connectivity index (χ0) is 10.9. The van der Waals surface area contributed by atoms with E-state index in [0.717, 1.165) is 12.1 Å². The minimum atomic E-state index is -4.42. The Hall–Kier alpha value is -0.410. The van der Waals surface area contributed by atoms with Crippen molar-refractivity contribution in [2.75, 3.05) is 0 Å². The molecule has 0 aromatic heterocycles. The van der Waals surface area contributed by atoms with Crippen LogP contribution < -0.4 is 0 Å². The highest BCUT2D eigenvalue weighted by atomic mass is 35.5. The number of rotatable bonds is 1. The number of alkyl halides is 3. The van der Waals surface area contributed by atoms with Crippen LogP contribution in [0.15, 0.2) is 12.1 Å². The van der Waals surface area contributed by atoms with E-state index >= 15 is 0 Å². The van der Waals surface area contributed by atoms with Gasteiger partial charge in [-0.2, -0.15) is 13.2 Å². The minimum Gasteiger partial charge on any atom is -0.166 e. The second kappa shape index (κ2) is 3.99. The van der Waals surface area contributed by atoms with Gasteiger partial charge in [0.1, 0.15) is 0 Å². The van der Waals surface area contributed by atoms with E-state index < -0.39 is 11.7 Å². The zero-order valence-corrected chi connectivity index (χ0v) is 8.47. The fourth-order valence-electron chi connectivity index (χ4n) is 1.01. The van der Waals surface area contributed by atoms with Crippen LogP contribution in [-0.4, -0.2) is 0 Å². The molecule has 0 nitrogen and oxygen atoms in total. The Morgan fingerprint density at radius 1 is 1.14 bits per heavy atom. The van der Waals surface area contributed by atoms with E-state index in [1.807, 2.05) is 0 Å². The van der Waals surface area contributed by atoms with Crippen LogP contribution in [0.5, 0.6) is 0 Å². The number of hydrogen-bond acceptors (Lipinski definition) is 0. The maximum atomic E-state index is 12.3. The van der Waals surface area contributed by atoms with Gasteiger partial charge < -0.3 is 0 Å². The van der Waals surface area contributed by atoms with Crippen molar-refractivity contribution < 1.29 is 13.2 Å². The molecule has 0 heterocycles.